The summed E-state index contributed by atoms with van der Waals surface area (Å²) in [5.74, 6) is 0. The lowest BCUT2D eigenvalue weighted by molar-refractivity contribution is -0.387. The Balaban J connectivity index is 0.00000242. The highest BCUT2D eigenvalue weighted by Gasteiger charge is 2.31. The summed E-state index contributed by atoms with van der Waals surface area (Å²) in [6, 6.07) is 3.20. The summed E-state index contributed by atoms with van der Waals surface area (Å²) in [4.78, 5) is 9.91. The SMILES string of the molecule is CC1NCCCC1NS(=O)(=O)c1ccc(Cl)cc1[N+](=O)[O-].Cl. The van der Waals surface area contributed by atoms with Crippen molar-refractivity contribution in [1.29, 1.82) is 0 Å². The number of sulfonamides is 1. The van der Waals surface area contributed by atoms with Gasteiger partial charge in [-0.05, 0) is 38.4 Å². The number of halogens is 2. The Kier molecular flexibility index (Phi) is 6.57. The Hall–Kier alpha value is -0.930. The Bertz CT molecular complexity index is 654. The van der Waals surface area contributed by atoms with Gasteiger partial charge in [-0.2, -0.15) is 0 Å². The van der Waals surface area contributed by atoms with Crippen LogP contribution in [0.5, 0.6) is 0 Å². The van der Waals surface area contributed by atoms with Crippen molar-refractivity contribution in [1.82, 2.24) is 10.0 Å². The molecule has 1 saturated heterocycles. The molecule has 2 rings (SSSR count). The van der Waals surface area contributed by atoms with Gasteiger partial charge >= 0.3 is 0 Å². The summed E-state index contributed by atoms with van der Waals surface area (Å²) in [6.07, 6.45) is 1.54. The van der Waals surface area contributed by atoms with Crippen LogP contribution in [0, 0.1) is 10.1 Å². The van der Waals surface area contributed by atoms with Crippen molar-refractivity contribution < 1.29 is 13.3 Å². The van der Waals surface area contributed by atoms with Crippen LogP contribution in [0.2, 0.25) is 5.02 Å². The van der Waals surface area contributed by atoms with E-state index in [2.05, 4.69) is 10.0 Å². The molecule has 0 spiro atoms. The molecule has 1 heterocycles. The molecular weight excluding hydrogens is 353 g/mol. The first kappa shape index (κ1) is 19.1. The second kappa shape index (κ2) is 7.56. The fourth-order valence-corrected chi connectivity index (χ4v) is 4.00. The highest BCUT2D eigenvalue weighted by molar-refractivity contribution is 7.89. The van der Waals surface area contributed by atoms with Gasteiger partial charge in [-0.1, -0.05) is 11.6 Å². The third kappa shape index (κ3) is 4.30. The molecule has 1 aromatic carbocycles. The van der Waals surface area contributed by atoms with Crippen LogP contribution in [-0.4, -0.2) is 32.0 Å². The fraction of sp³-hybridized carbons (Fsp3) is 0.500. The minimum atomic E-state index is -3.98. The maximum absolute atomic E-state index is 12.4. The molecule has 124 valence electrons. The molecule has 0 amide bonds. The zero-order chi connectivity index (χ0) is 15.6. The normalized spacial score (nSPS) is 21.9. The van der Waals surface area contributed by atoms with E-state index in [-0.39, 0.29) is 34.4 Å². The molecule has 1 fully saturated rings. The molecular formula is C12H17Cl2N3O4S. The van der Waals surface area contributed by atoms with Crippen LogP contribution < -0.4 is 10.0 Å². The number of nitrogens with zero attached hydrogens (tertiary/aromatic N) is 1. The molecule has 22 heavy (non-hydrogen) atoms. The van der Waals surface area contributed by atoms with E-state index in [1.807, 2.05) is 6.92 Å². The zero-order valence-corrected chi connectivity index (χ0v) is 14.2. The van der Waals surface area contributed by atoms with Crippen molar-refractivity contribution in [3.8, 4) is 0 Å². The summed E-state index contributed by atoms with van der Waals surface area (Å²) < 4.78 is 27.3. The van der Waals surface area contributed by atoms with E-state index in [9.17, 15) is 18.5 Å². The Labute approximate surface area is 140 Å². The molecule has 0 aromatic heterocycles. The van der Waals surface area contributed by atoms with Gasteiger partial charge in [0.2, 0.25) is 10.0 Å². The third-order valence-electron chi connectivity index (χ3n) is 3.48. The maximum atomic E-state index is 12.4. The van der Waals surface area contributed by atoms with Gasteiger partial charge in [-0.15, -0.1) is 12.4 Å². The summed E-state index contributed by atoms with van der Waals surface area (Å²) in [5.41, 5.74) is -0.522. The van der Waals surface area contributed by atoms with Crippen molar-refractivity contribution in [3.63, 3.8) is 0 Å². The predicted molar refractivity (Wildman–Crippen MR) is 86.2 cm³/mol. The van der Waals surface area contributed by atoms with Crippen LogP contribution in [0.15, 0.2) is 23.1 Å². The van der Waals surface area contributed by atoms with Gasteiger partial charge in [0, 0.05) is 23.2 Å². The smallest absolute Gasteiger partial charge is 0.290 e. The molecule has 2 atom stereocenters. The maximum Gasteiger partial charge on any atom is 0.290 e. The molecule has 10 heteroatoms. The van der Waals surface area contributed by atoms with E-state index in [1.165, 1.54) is 6.07 Å². The number of nitro groups is 1. The van der Waals surface area contributed by atoms with Crippen molar-refractivity contribution in [3.05, 3.63) is 33.3 Å². The van der Waals surface area contributed by atoms with Gasteiger partial charge in [0.1, 0.15) is 0 Å². The molecule has 0 bridgehead atoms. The Morgan fingerprint density at radius 2 is 2.14 bits per heavy atom. The monoisotopic (exact) mass is 369 g/mol. The number of hydrogen-bond acceptors (Lipinski definition) is 5. The minimum Gasteiger partial charge on any atom is -0.313 e. The molecule has 1 aromatic rings. The van der Waals surface area contributed by atoms with E-state index in [0.717, 1.165) is 25.1 Å². The lowest BCUT2D eigenvalue weighted by Gasteiger charge is -2.30. The number of rotatable bonds is 4. The Morgan fingerprint density at radius 3 is 2.73 bits per heavy atom. The molecule has 1 aliphatic heterocycles. The highest BCUT2D eigenvalue weighted by atomic mass is 35.5. The van der Waals surface area contributed by atoms with Crippen molar-refractivity contribution in [2.75, 3.05) is 6.54 Å². The number of benzene rings is 1. The largest absolute Gasteiger partial charge is 0.313 e. The lowest BCUT2D eigenvalue weighted by Crippen LogP contribution is -2.51. The van der Waals surface area contributed by atoms with Crippen LogP contribution in [0.3, 0.4) is 0 Å². The average molecular weight is 370 g/mol. The van der Waals surface area contributed by atoms with Crippen LogP contribution in [0.25, 0.3) is 0 Å². The van der Waals surface area contributed by atoms with E-state index in [4.69, 9.17) is 11.6 Å². The number of nitrogens with one attached hydrogen (secondary N) is 2. The second-order valence-electron chi connectivity index (χ2n) is 4.98. The van der Waals surface area contributed by atoms with Gasteiger partial charge in [0.25, 0.3) is 5.69 Å². The predicted octanol–water partition coefficient (Wildman–Crippen LogP) is 2.09. The molecule has 2 N–H and O–H groups in total. The van der Waals surface area contributed by atoms with E-state index in [0.29, 0.717) is 6.42 Å². The molecule has 7 nitrogen and oxygen atoms in total. The van der Waals surface area contributed by atoms with Crippen LogP contribution in [-0.2, 0) is 10.0 Å². The summed E-state index contributed by atoms with van der Waals surface area (Å²) in [6.45, 7) is 2.71. The Morgan fingerprint density at radius 1 is 1.45 bits per heavy atom. The molecule has 1 aliphatic rings. The first-order valence-electron chi connectivity index (χ1n) is 6.51. The van der Waals surface area contributed by atoms with E-state index >= 15 is 0 Å². The van der Waals surface area contributed by atoms with Gasteiger partial charge in [0.05, 0.1) is 4.92 Å². The van der Waals surface area contributed by atoms with E-state index < -0.39 is 20.6 Å². The van der Waals surface area contributed by atoms with Crippen LogP contribution >= 0.6 is 24.0 Å². The van der Waals surface area contributed by atoms with Gasteiger partial charge in [-0.25, -0.2) is 13.1 Å². The van der Waals surface area contributed by atoms with Crippen molar-refractivity contribution in [2.45, 2.75) is 36.7 Å². The summed E-state index contributed by atoms with van der Waals surface area (Å²) >= 11 is 5.70. The lowest BCUT2D eigenvalue weighted by atomic mass is 10.0. The standard InChI is InChI=1S/C12H16ClN3O4S.ClH/c1-8-10(3-2-6-14-8)15-21(19,20)12-5-4-9(13)7-11(12)16(17)18;/h4-5,7-8,10,14-15H,2-3,6H2,1H3;1H. The quantitative estimate of drug-likeness (QED) is 0.624. The van der Waals surface area contributed by atoms with Crippen molar-refractivity contribution in [2.24, 2.45) is 0 Å². The van der Waals surface area contributed by atoms with Crippen LogP contribution in [0.4, 0.5) is 5.69 Å². The first-order chi connectivity index (χ1) is 9.81. The first-order valence-corrected chi connectivity index (χ1v) is 8.37. The third-order valence-corrected chi connectivity index (χ3v) is 5.25. The highest BCUT2D eigenvalue weighted by Crippen LogP contribution is 2.27. The molecule has 0 saturated carbocycles. The van der Waals surface area contributed by atoms with Crippen molar-refractivity contribution >= 4 is 39.7 Å². The summed E-state index contributed by atoms with van der Waals surface area (Å²) in [7, 11) is -3.98. The summed E-state index contributed by atoms with van der Waals surface area (Å²) in [5, 5.41) is 14.3. The fourth-order valence-electron chi connectivity index (χ4n) is 2.33. The van der Waals surface area contributed by atoms with Gasteiger partial charge in [0.15, 0.2) is 4.90 Å². The van der Waals surface area contributed by atoms with Crippen LogP contribution in [0.1, 0.15) is 19.8 Å². The number of piperidine rings is 1. The second-order valence-corrected chi connectivity index (χ2v) is 7.10. The average Bonchev–Trinajstić information content (AvgIpc) is 2.40. The number of nitro benzene ring substituents is 1. The van der Waals surface area contributed by atoms with E-state index in [1.54, 1.807) is 0 Å². The molecule has 0 radical (unpaired) electrons. The van der Waals surface area contributed by atoms with Gasteiger partial charge in [-0.3, -0.25) is 10.1 Å². The minimum absolute atomic E-state index is 0. The molecule has 2 unspecified atom stereocenters. The topological polar surface area (TPSA) is 101 Å². The molecule has 0 aliphatic carbocycles. The van der Waals surface area contributed by atoms with Gasteiger partial charge < -0.3 is 5.32 Å². The number of hydrogen-bond donors (Lipinski definition) is 2. The zero-order valence-electron chi connectivity index (χ0n) is 11.8.